The molecular weight excluding hydrogens is 404 g/mol. The summed E-state index contributed by atoms with van der Waals surface area (Å²) in [6.07, 6.45) is 8.38. The van der Waals surface area contributed by atoms with E-state index in [0.29, 0.717) is 25.6 Å². The van der Waals surface area contributed by atoms with Gasteiger partial charge in [0.1, 0.15) is 12.4 Å². The molecule has 0 aliphatic carbocycles. The average Bonchev–Trinajstić information content (AvgIpc) is 3.22. The van der Waals surface area contributed by atoms with Crippen LogP contribution in [-0.4, -0.2) is 35.8 Å². The molecule has 5 heterocycles. The molecule has 0 radical (unpaired) electrons. The Labute approximate surface area is 185 Å². The number of aliphatic imine (C=N–C) groups is 1. The second kappa shape index (κ2) is 7.17. The molecular formula is C25H22N4O3. The van der Waals surface area contributed by atoms with Crippen molar-refractivity contribution < 1.29 is 14.2 Å². The first kappa shape index (κ1) is 19.0. The van der Waals surface area contributed by atoms with Gasteiger partial charge in [0.15, 0.2) is 11.3 Å². The molecule has 1 atom stereocenters. The Bertz CT molecular complexity index is 1300. The number of ether oxygens (including phenoxy) is 3. The lowest BCUT2D eigenvalue weighted by Gasteiger charge is -2.34. The van der Waals surface area contributed by atoms with Gasteiger partial charge in [-0.15, -0.1) is 0 Å². The normalized spacial score (nSPS) is 21.2. The third kappa shape index (κ3) is 2.97. The molecule has 3 aliphatic heterocycles. The van der Waals surface area contributed by atoms with Crippen molar-refractivity contribution in [1.29, 1.82) is 0 Å². The van der Waals surface area contributed by atoms with E-state index in [-0.39, 0.29) is 6.02 Å². The molecule has 0 unspecified atom stereocenters. The summed E-state index contributed by atoms with van der Waals surface area (Å²) in [6, 6.07) is 10.5. The summed E-state index contributed by atoms with van der Waals surface area (Å²) < 4.78 is 17.4. The van der Waals surface area contributed by atoms with Gasteiger partial charge in [-0.2, -0.15) is 0 Å². The van der Waals surface area contributed by atoms with Crippen molar-refractivity contribution >= 4 is 11.6 Å². The van der Waals surface area contributed by atoms with Crippen molar-refractivity contribution in [2.75, 3.05) is 19.8 Å². The first-order chi connectivity index (χ1) is 15.6. The van der Waals surface area contributed by atoms with E-state index >= 15 is 0 Å². The number of rotatable bonds is 2. The quantitative estimate of drug-likeness (QED) is 0.667. The molecule has 0 bridgehead atoms. The zero-order valence-electron chi connectivity index (χ0n) is 17.7. The number of hydrogen-bond acceptors (Lipinski definition) is 7. The molecule has 6 rings (SSSR count). The van der Waals surface area contributed by atoms with Gasteiger partial charge in [-0.25, -0.2) is 4.99 Å². The maximum atomic E-state index is 6.27. The fourth-order valence-electron chi connectivity index (χ4n) is 4.59. The number of amidine groups is 1. The van der Waals surface area contributed by atoms with E-state index in [9.17, 15) is 0 Å². The van der Waals surface area contributed by atoms with Crippen LogP contribution in [0.25, 0.3) is 16.7 Å². The minimum absolute atomic E-state index is 0.176. The Balaban J connectivity index is 1.53. The molecule has 160 valence electrons. The number of aromatic nitrogens is 2. The van der Waals surface area contributed by atoms with Gasteiger partial charge in [0, 0.05) is 29.1 Å². The molecule has 0 saturated carbocycles. The Hall–Kier alpha value is -3.71. The minimum Gasteiger partial charge on any atom is -0.462 e. The van der Waals surface area contributed by atoms with Gasteiger partial charge < -0.3 is 19.9 Å². The van der Waals surface area contributed by atoms with Crippen molar-refractivity contribution in [2.45, 2.75) is 18.9 Å². The summed E-state index contributed by atoms with van der Waals surface area (Å²) >= 11 is 0. The number of nitrogens with two attached hydrogens (primary N) is 1. The molecule has 2 N–H and O–H groups in total. The van der Waals surface area contributed by atoms with Gasteiger partial charge in [-0.05, 0) is 54.3 Å². The lowest BCUT2D eigenvalue weighted by Crippen LogP contribution is -2.31. The number of fused-ring (bicyclic) bond motifs is 4. The summed E-state index contributed by atoms with van der Waals surface area (Å²) in [5, 5.41) is 0. The van der Waals surface area contributed by atoms with Crippen LogP contribution in [0.1, 0.15) is 28.8 Å². The molecule has 2 aromatic heterocycles. The van der Waals surface area contributed by atoms with Crippen LogP contribution in [0.2, 0.25) is 0 Å². The Morgan fingerprint density at radius 2 is 1.91 bits per heavy atom. The topological polar surface area (TPSA) is 91.9 Å². The summed E-state index contributed by atoms with van der Waals surface area (Å²) in [5.41, 5.74) is 12.3. The van der Waals surface area contributed by atoms with Gasteiger partial charge in [-0.1, -0.05) is 12.1 Å². The van der Waals surface area contributed by atoms with Gasteiger partial charge in [-0.3, -0.25) is 9.97 Å². The highest BCUT2D eigenvalue weighted by Crippen LogP contribution is 2.51. The van der Waals surface area contributed by atoms with E-state index in [2.05, 4.69) is 34.2 Å². The summed E-state index contributed by atoms with van der Waals surface area (Å²) in [7, 11) is 0. The van der Waals surface area contributed by atoms with Crippen molar-refractivity contribution in [3.05, 3.63) is 77.4 Å². The van der Waals surface area contributed by atoms with E-state index < -0.39 is 5.54 Å². The molecule has 0 amide bonds. The van der Waals surface area contributed by atoms with Crippen molar-refractivity contribution in [3.8, 4) is 22.6 Å². The highest BCUT2D eigenvalue weighted by molar-refractivity contribution is 5.78. The summed E-state index contributed by atoms with van der Waals surface area (Å²) in [6.45, 7) is 3.63. The lowest BCUT2D eigenvalue weighted by molar-refractivity contribution is 0.161. The number of pyridine rings is 2. The van der Waals surface area contributed by atoms with Crippen LogP contribution < -0.4 is 10.5 Å². The fourth-order valence-corrected chi connectivity index (χ4v) is 4.59. The average molecular weight is 426 g/mol. The van der Waals surface area contributed by atoms with Gasteiger partial charge >= 0.3 is 0 Å². The number of nitrogens with zero attached hydrogens (tertiary/aromatic N) is 3. The van der Waals surface area contributed by atoms with E-state index in [0.717, 1.165) is 51.3 Å². The molecule has 32 heavy (non-hydrogen) atoms. The highest BCUT2D eigenvalue weighted by atomic mass is 16.5. The van der Waals surface area contributed by atoms with Crippen LogP contribution >= 0.6 is 0 Å². The molecule has 0 fully saturated rings. The molecule has 7 heteroatoms. The zero-order valence-corrected chi connectivity index (χ0v) is 17.7. The smallest absolute Gasteiger partial charge is 0.283 e. The van der Waals surface area contributed by atoms with E-state index in [4.69, 9.17) is 24.9 Å². The predicted octanol–water partition coefficient (Wildman–Crippen LogP) is 3.95. The van der Waals surface area contributed by atoms with E-state index in [1.165, 1.54) is 0 Å². The van der Waals surface area contributed by atoms with Gasteiger partial charge in [0.2, 0.25) is 0 Å². The van der Waals surface area contributed by atoms with Gasteiger partial charge in [0.25, 0.3) is 6.02 Å². The highest BCUT2D eigenvalue weighted by Gasteiger charge is 2.47. The molecule has 3 aliphatic rings. The number of hydrogen-bond donors (Lipinski definition) is 1. The summed E-state index contributed by atoms with van der Waals surface area (Å²) in [4.78, 5) is 13.8. The molecule has 1 aromatic carbocycles. The Kier molecular flexibility index (Phi) is 4.26. The van der Waals surface area contributed by atoms with Crippen LogP contribution in [0, 0.1) is 6.92 Å². The second-order valence-corrected chi connectivity index (χ2v) is 8.28. The van der Waals surface area contributed by atoms with Gasteiger partial charge in [0.05, 0.1) is 25.1 Å². The van der Waals surface area contributed by atoms with E-state index in [1.54, 1.807) is 6.20 Å². The van der Waals surface area contributed by atoms with Crippen LogP contribution in [-0.2, 0) is 15.0 Å². The molecule has 0 saturated heterocycles. The standard InChI is InChI=1S/C25H22N4O3/c1-15-8-18(12-27-11-15)17-2-3-22-19(9-17)25(14-31-24(26)29-25)20-10-21(28-13-23(20)32-22)16-4-6-30-7-5-16/h2-4,8-13H,5-7,14H2,1H3,(H2,26,29)/t25-/m0/s1. The SMILES string of the molecule is Cc1cncc(-c2ccc3c(c2)[C@@]2(COC(N)=N2)c2cc(C4=CCOCC4)ncc2O3)c1. The summed E-state index contributed by atoms with van der Waals surface area (Å²) in [5.74, 6) is 1.39. The largest absolute Gasteiger partial charge is 0.462 e. The molecule has 1 spiro atoms. The van der Waals surface area contributed by atoms with Crippen LogP contribution in [0.15, 0.2) is 60.0 Å². The van der Waals surface area contributed by atoms with Crippen LogP contribution in [0.3, 0.4) is 0 Å². The molecule has 7 nitrogen and oxygen atoms in total. The lowest BCUT2D eigenvalue weighted by atomic mass is 9.80. The second-order valence-electron chi connectivity index (χ2n) is 8.28. The minimum atomic E-state index is -0.788. The fraction of sp³-hybridized carbons (Fsp3) is 0.240. The Morgan fingerprint density at radius 1 is 1.00 bits per heavy atom. The van der Waals surface area contributed by atoms with Crippen LogP contribution in [0.5, 0.6) is 11.5 Å². The first-order valence-electron chi connectivity index (χ1n) is 10.6. The monoisotopic (exact) mass is 426 g/mol. The predicted molar refractivity (Wildman–Crippen MR) is 120 cm³/mol. The third-order valence-electron chi connectivity index (χ3n) is 6.19. The van der Waals surface area contributed by atoms with Crippen molar-refractivity contribution in [3.63, 3.8) is 0 Å². The maximum Gasteiger partial charge on any atom is 0.283 e. The maximum absolute atomic E-state index is 6.27. The first-order valence-corrected chi connectivity index (χ1v) is 10.6. The Morgan fingerprint density at radius 3 is 2.69 bits per heavy atom. The number of aryl methyl sites for hydroxylation is 1. The van der Waals surface area contributed by atoms with Crippen LogP contribution in [0.4, 0.5) is 0 Å². The van der Waals surface area contributed by atoms with Crippen molar-refractivity contribution in [2.24, 2.45) is 10.7 Å². The number of benzene rings is 1. The zero-order chi connectivity index (χ0) is 21.7. The van der Waals surface area contributed by atoms with E-state index in [1.807, 2.05) is 31.5 Å². The third-order valence-corrected chi connectivity index (χ3v) is 6.19. The molecule has 3 aromatic rings. The van der Waals surface area contributed by atoms with Crippen molar-refractivity contribution in [1.82, 2.24) is 9.97 Å².